The van der Waals surface area contributed by atoms with Crippen LogP contribution in [0, 0.1) is 5.82 Å². The van der Waals surface area contributed by atoms with Crippen molar-refractivity contribution in [2.24, 2.45) is 0 Å². The Morgan fingerprint density at radius 3 is 2.80 bits per heavy atom. The second kappa shape index (κ2) is 5.81. The summed E-state index contributed by atoms with van der Waals surface area (Å²) < 4.78 is 37.1. The highest BCUT2D eigenvalue weighted by molar-refractivity contribution is 9.10. The zero-order valence-corrected chi connectivity index (χ0v) is 13.4. The number of benzene rings is 1. The first-order valence-electron chi connectivity index (χ1n) is 6.18. The molecule has 110 valence electrons. The van der Waals surface area contributed by atoms with E-state index < -0.39 is 15.7 Å². The number of hydrogen-bond donors (Lipinski definition) is 0. The lowest BCUT2D eigenvalue weighted by Gasteiger charge is -2.23. The van der Waals surface area contributed by atoms with E-state index in [0.29, 0.717) is 16.5 Å². The summed E-state index contributed by atoms with van der Waals surface area (Å²) in [5.74, 6) is -0.602. The lowest BCUT2D eigenvalue weighted by atomic mass is 10.1. The molecule has 7 heteroatoms. The van der Waals surface area contributed by atoms with Gasteiger partial charge in [0.05, 0.1) is 17.9 Å². The van der Waals surface area contributed by atoms with Gasteiger partial charge in [-0.2, -0.15) is 0 Å². The molecule has 0 saturated carbocycles. The molecule has 1 aliphatic heterocycles. The van der Waals surface area contributed by atoms with E-state index in [0.717, 1.165) is 0 Å². The molecule has 1 amide bonds. The number of amides is 1. The van der Waals surface area contributed by atoms with Crippen molar-refractivity contribution >= 4 is 31.7 Å². The SMILES string of the molecule is CN(C(=O)Cc1cc(Br)ccc1F)C1CCS(=O)(=O)C1. The van der Waals surface area contributed by atoms with Gasteiger partial charge >= 0.3 is 0 Å². The molecule has 1 atom stereocenters. The normalized spacial score (nSPS) is 20.9. The van der Waals surface area contributed by atoms with Gasteiger partial charge in [0.2, 0.25) is 5.91 Å². The maximum Gasteiger partial charge on any atom is 0.227 e. The number of carbonyl (C=O) groups is 1. The summed E-state index contributed by atoms with van der Waals surface area (Å²) in [5, 5.41) is 0. The maximum atomic E-state index is 13.6. The fourth-order valence-corrected chi connectivity index (χ4v) is 4.43. The van der Waals surface area contributed by atoms with E-state index in [1.54, 1.807) is 19.2 Å². The van der Waals surface area contributed by atoms with Gasteiger partial charge in [0.25, 0.3) is 0 Å². The van der Waals surface area contributed by atoms with Crippen molar-refractivity contribution < 1.29 is 17.6 Å². The Morgan fingerprint density at radius 1 is 1.50 bits per heavy atom. The van der Waals surface area contributed by atoms with Gasteiger partial charge in [-0.15, -0.1) is 0 Å². The molecule has 0 bridgehead atoms. The van der Waals surface area contributed by atoms with Crippen LogP contribution in [0.5, 0.6) is 0 Å². The van der Waals surface area contributed by atoms with Crippen LogP contribution in [0.2, 0.25) is 0 Å². The first-order valence-corrected chi connectivity index (χ1v) is 8.80. The Morgan fingerprint density at radius 2 is 2.20 bits per heavy atom. The van der Waals surface area contributed by atoms with Crippen molar-refractivity contribution in [3.05, 3.63) is 34.1 Å². The quantitative estimate of drug-likeness (QED) is 0.822. The van der Waals surface area contributed by atoms with Crippen LogP contribution in [0.4, 0.5) is 4.39 Å². The van der Waals surface area contributed by atoms with Gasteiger partial charge in [0, 0.05) is 17.6 Å². The average Bonchev–Trinajstić information content (AvgIpc) is 2.73. The van der Waals surface area contributed by atoms with Crippen LogP contribution in [-0.2, 0) is 21.1 Å². The number of hydrogen-bond acceptors (Lipinski definition) is 3. The molecule has 1 fully saturated rings. The number of sulfone groups is 1. The topological polar surface area (TPSA) is 54.5 Å². The largest absolute Gasteiger partial charge is 0.341 e. The minimum atomic E-state index is -3.04. The summed E-state index contributed by atoms with van der Waals surface area (Å²) >= 11 is 3.23. The second-order valence-electron chi connectivity index (χ2n) is 4.97. The number of carbonyl (C=O) groups excluding carboxylic acids is 1. The van der Waals surface area contributed by atoms with Gasteiger partial charge in [-0.1, -0.05) is 15.9 Å². The van der Waals surface area contributed by atoms with Crippen LogP contribution in [0.1, 0.15) is 12.0 Å². The molecule has 0 N–H and O–H groups in total. The summed E-state index contributed by atoms with van der Waals surface area (Å²) in [5.41, 5.74) is 0.303. The maximum absolute atomic E-state index is 13.6. The van der Waals surface area contributed by atoms with Gasteiger partial charge in [0.1, 0.15) is 5.82 Å². The lowest BCUT2D eigenvalue weighted by Crippen LogP contribution is -2.38. The van der Waals surface area contributed by atoms with Crippen LogP contribution in [-0.4, -0.2) is 43.8 Å². The fraction of sp³-hybridized carbons (Fsp3) is 0.462. The first-order chi connectivity index (χ1) is 9.28. The Labute approximate surface area is 126 Å². The molecule has 1 aromatic carbocycles. The highest BCUT2D eigenvalue weighted by Crippen LogP contribution is 2.20. The molecule has 1 heterocycles. The number of halogens is 2. The molecule has 20 heavy (non-hydrogen) atoms. The Hall–Kier alpha value is -0.950. The zero-order valence-electron chi connectivity index (χ0n) is 11.0. The predicted octanol–water partition coefficient (Wildman–Crippen LogP) is 1.78. The van der Waals surface area contributed by atoms with Crippen molar-refractivity contribution in [3.63, 3.8) is 0 Å². The molecule has 1 aromatic rings. The molecular weight excluding hydrogens is 349 g/mol. The van der Waals surface area contributed by atoms with Gasteiger partial charge in [-0.05, 0) is 30.2 Å². The van der Waals surface area contributed by atoms with Crippen molar-refractivity contribution in [1.29, 1.82) is 0 Å². The molecule has 4 nitrogen and oxygen atoms in total. The molecule has 0 aromatic heterocycles. The van der Waals surface area contributed by atoms with E-state index in [1.165, 1.54) is 11.0 Å². The van der Waals surface area contributed by atoms with Gasteiger partial charge in [0.15, 0.2) is 9.84 Å². The third-order valence-electron chi connectivity index (χ3n) is 3.50. The number of likely N-dealkylation sites (N-methyl/N-ethyl adjacent to an activating group) is 1. The van der Waals surface area contributed by atoms with E-state index in [9.17, 15) is 17.6 Å². The molecule has 2 rings (SSSR count). The third-order valence-corrected chi connectivity index (χ3v) is 5.74. The van der Waals surface area contributed by atoms with Crippen molar-refractivity contribution in [2.45, 2.75) is 18.9 Å². The highest BCUT2D eigenvalue weighted by Gasteiger charge is 2.32. The third kappa shape index (κ3) is 3.58. The van der Waals surface area contributed by atoms with Crippen LogP contribution in [0.3, 0.4) is 0 Å². The number of nitrogens with zero attached hydrogens (tertiary/aromatic N) is 1. The predicted molar refractivity (Wildman–Crippen MR) is 77.6 cm³/mol. The smallest absolute Gasteiger partial charge is 0.227 e. The van der Waals surface area contributed by atoms with Gasteiger partial charge in [-0.25, -0.2) is 12.8 Å². The Balaban J connectivity index is 2.06. The van der Waals surface area contributed by atoms with Crippen LogP contribution < -0.4 is 0 Å². The molecule has 1 aliphatic rings. The van der Waals surface area contributed by atoms with Crippen LogP contribution >= 0.6 is 15.9 Å². The highest BCUT2D eigenvalue weighted by atomic mass is 79.9. The van der Waals surface area contributed by atoms with E-state index in [2.05, 4.69) is 15.9 Å². The Kier molecular flexibility index (Phi) is 4.49. The summed E-state index contributed by atoms with van der Waals surface area (Å²) in [6.07, 6.45) is 0.379. The van der Waals surface area contributed by atoms with Crippen LogP contribution in [0.25, 0.3) is 0 Å². The van der Waals surface area contributed by atoms with Crippen molar-refractivity contribution in [2.75, 3.05) is 18.6 Å². The fourth-order valence-electron chi connectivity index (χ4n) is 2.25. The van der Waals surface area contributed by atoms with Crippen molar-refractivity contribution in [3.8, 4) is 0 Å². The number of rotatable bonds is 3. The van der Waals surface area contributed by atoms with E-state index in [1.807, 2.05) is 0 Å². The monoisotopic (exact) mass is 363 g/mol. The minimum Gasteiger partial charge on any atom is -0.341 e. The van der Waals surface area contributed by atoms with Gasteiger partial charge < -0.3 is 4.90 Å². The molecular formula is C13H15BrFNO3S. The minimum absolute atomic E-state index is 0.00376. The molecule has 0 aliphatic carbocycles. The molecule has 0 radical (unpaired) electrons. The van der Waals surface area contributed by atoms with E-state index in [-0.39, 0.29) is 29.9 Å². The zero-order chi connectivity index (χ0) is 14.9. The second-order valence-corrected chi connectivity index (χ2v) is 8.12. The molecule has 1 unspecified atom stereocenters. The Bertz CT molecular complexity index is 633. The lowest BCUT2D eigenvalue weighted by molar-refractivity contribution is -0.130. The average molecular weight is 364 g/mol. The standard InChI is InChI=1S/C13H15BrFNO3S/c1-16(11-4-5-20(18,19)8-11)13(17)7-9-6-10(14)2-3-12(9)15/h2-3,6,11H,4-5,7-8H2,1H3. The first kappa shape index (κ1) is 15.4. The molecule has 0 spiro atoms. The summed E-state index contributed by atoms with van der Waals surface area (Å²) in [6.45, 7) is 0. The summed E-state index contributed by atoms with van der Waals surface area (Å²) in [6, 6.07) is 4.12. The molecule has 1 saturated heterocycles. The van der Waals surface area contributed by atoms with E-state index >= 15 is 0 Å². The van der Waals surface area contributed by atoms with E-state index in [4.69, 9.17) is 0 Å². The summed E-state index contributed by atoms with van der Waals surface area (Å²) in [7, 11) is -1.46. The van der Waals surface area contributed by atoms with Crippen molar-refractivity contribution in [1.82, 2.24) is 4.90 Å². The summed E-state index contributed by atoms with van der Waals surface area (Å²) in [4.78, 5) is 13.5. The van der Waals surface area contributed by atoms with Gasteiger partial charge in [-0.3, -0.25) is 4.79 Å². The van der Waals surface area contributed by atoms with Crippen LogP contribution in [0.15, 0.2) is 22.7 Å².